The lowest BCUT2D eigenvalue weighted by atomic mass is 10.2. The van der Waals surface area contributed by atoms with Crippen LogP contribution in [0.3, 0.4) is 0 Å². The van der Waals surface area contributed by atoms with E-state index < -0.39 is 18.3 Å². The molecule has 1 heterocycles. The number of esters is 1. The van der Waals surface area contributed by atoms with Gasteiger partial charge in [0, 0.05) is 13.5 Å². The molecule has 18 heavy (non-hydrogen) atoms. The molecular formula is C13H15NO4. The van der Waals surface area contributed by atoms with Gasteiger partial charge in [-0.3, -0.25) is 9.59 Å². The molecule has 2 atom stereocenters. The first kappa shape index (κ1) is 12.6. The molecule has 2 rings (SSSR count). The summed E-state index contributed by atoms with van der Waals surface area (Å²) in [5.74, 6) is -0.703. The first-order valence-electron chi connectivity index (χ1n) is 5.76. The minimum Gasteiger partial charge on any atom is -0.457 e. The van der Waals surface area contributed by atoms with Crippen molar-refractivity contribution in [2.45, 2.75) is 32.2 Å². The van der Waals surface area contributed by atoms with Crippen LogP contribution in [0.15, 0.2) is 30.3 Å². The molecule has 1 amide bonds. The SMILES string of the molecule is CC(=O)O[C@H]1CC(=O)N(Cc2ccccc2)[C@@H]1O. The van der Waals surface area contributed by atoms with Gasteiger partial charge in [-0.05, 0) is 5.56 Å². The highest BCUT2D eigenvalue weighted by Crippen LogP contribution is 2.22. The summed E-state index contributed by atoms with van der Waals surface area (Å²) in [4.78, 5) is 23.9. The number of carbonyl (C=O) groups is 2. The van der Waals surface area contributed by atoms with Crippen LogP contribution in [-0.4, -0.2) is 34.2 Å². The summed E-state index contributed by atoms with van der Waals surface area (Å²) < 4.78 is 4.91. The third-order valence-electron chi connectivity index (χ3n) is 2.86. The Hall–Kier alpha value is -1.88. The zero-order valence-corrected chi connectivity index (χ0v) is 10.1. The molecule has 96 valence electrons. The molecule has 5 nitrogen and oxygen atoms in total. The van der Waals surface area contributed by atoms with Crippen LogP contribution < -0.4 is 0 Å². The standard InChI is InChI=1S/C13H15NO4/c1-9(15)18-11-7-12(16)14(13(11)17)8-10-5-3-2-4-6-10/h2-6,11,13,17H,7-8H2,1H3/t11-,13+/m0/s1. The molecule has 1 aromatic carbocycles. The number of amides is 1. The van der Waals surface area contributed by atoms with E-state index in [1.807, 2.05) is 30.3 Å². The van der Waals surface area contributed by atoms with E-state index in [0.717, 1.165) is 5.56 Å². The average Bonchev–Trinajstić information content (AvgIpc) is 2.58. The van der Waals surface area contributed by atoms with Crippen molar-refractivity contribution in [2.24, 2.45) is 0 Å². The van der Waals surface area contributed by atoms with Crippen molar-refractivity contribution in [3.63, 3.8) is 0 Å². The second-order valence-corrected chi connectivity index (χ2v) is 4.27. The smallest absolute Gasteiger partial charge is 0.303 e. The van der Waals surface area contributed by atoms with Crippen LogP contribution in [0.1, 0.15) is 18.9 Å². The van der Waals surface area contributed by atoms with Crippen LogP contribution in [-0.2, 0) is 20.9 Å². The summed E-state index contributed by atoms with van der Waals surface area (Å²) in [6.07, 6.45) is -1.80. The number of hydrogen-bond donors (Lipinski definition) is 1. The summed E-state index contributed by atoms with van der Waals surface area (Å²) in [7, 11) is 0. The molecule has 1 fully saturated rings. The van der Waals surface area contributed by atoms with E-state index in [4.69, 9.17) is 4.74 Å². The molecule has 0 aliphatic carbocycles. The van der Waals surface area contributed by atoms with Gasteiger partial charge in [0.25, 0.3) is 0 Å². The number of benzene rings is 1. The molecule has 1 aliphatic heterocycles. The van der Waals surface area contributed by atoms with Crippen LogP contribution >= 0.6 is 0 Å². The van der Waals surface area contributed by atoms with Gasteiger partial charge < -0.3 is 14.7 Å². The number of rotatable bonds is 3. The summed E-state index contributed by atoms with van der Waals surface area (Å²) in [6.45, 7) is 1.58. The first-order chi connectivity index (χ1) is 8.58. The predicted octanol–water partition coefficient (Wildman–Crippen LogP) is 0.669. The second-order valence-electron chi connectivity index (χ2n) is 4.27. The maximum Gasteiger partial charge on any atom is 0.303 e. The Morgan fingerprint density at radius 2 is 2.11 bits per heavy atom. The maximum atomic E-state index is 11.8. The molecule has 0 aromatic heterocycles. The topological polar surface area (TPSA) is 66.8 Å². The van der Waals surface area contributed by atoms with Crippen molar-refractivity contribution in [1.29, 1.82) is 0 Å². The van der Waals surface area contributed by atoms with Gasteiger partial charge in [-0.25, -0.2) is 0 Å². The number of aliphatic hydroxyl groups is 1. The molecule has 0 bridgehead atoms. The van der Waals surface area contributed by atoms with Gasteiger partial charge in [0.15, 0.2) is 12.3 Å². The molecule has 1 saturated heterocycles. The molecule has 1 aromatic rings. The molecule has 0 radical (unpaired) electrons. The fourth-order valence-corrected chi connectivity index (χ4v) is 2.02. The molecule has 0 saturated carbocycles. The largest absolute Gasteiger partial charge is 0.457 e. The van der Waals surface area contributed by atoms with Gasteiger partial charge in [-0.2, -0.15) is 0 Å². The summed E-state index contributed by atoms with van der Waals surface area (Å²) in [5, 5.41) is 9.96. The van der Waals surface area contributed by atoms with Gasteiger partial charge in [-0.1, -0.05) is 30.3 Å². The van der Waals surface area contributed by atoms with Crippen molar-refractivity contribution in [3.05, 3.63) is 35.9 Å². The lowest BCUT2D eigenvalue weighted by Gasteiger charge is -2.23. The highest BCUT2D eigenvalue weighted by atomic mass is 16.6. The predicted molar refractivity (Wildman–Crippen MR) is 63.2 cm³/mol. The zero-order valence-electron chi connectivity index (χ0n) is 10.1. The Kier molecular flexibility index (Phi) is 3.62. The Labute approximate surface area is 105 Å². The fourth-order valence-electron chi connectivity index (χ4n) is 2.02. The van der Waals surface area contributed by atoms with Gasteiger partial charge in [0.2, 0.25) is 5.91 Å². The lowest BCUT2D eigenvalue weighted by molar-refractivity contribution is -0.155. The van der Waals surface area contributed by atoms with E-state index >= 15 is 0 Å². The Bertz CT molecular complexity index is 446. The quantitative estimate of drug-likeness (QED) is 0.799. The lowest BCUT2D eigenvalue weighted by Crippen LogP contribution is -2.37. The third-order valence-corrected chi connectivity index (χ3v) is 2.86. The van der Waals surface area contributed by atoms with Crippen molar-refractivity contribution in [2.75, 3.05) is 0 Å². The van der Waals surface area contributed by atoms with Crippen LogP contribution in [0.4, 0.5) is 0 Å². The van der Waals surface area contributed by atoms with Crippen molar-refractivity contribution in [1.82, 2.24) is 4.90 Å². The van der Waals surface area contributed by atoms with Gasteiger partial charge >= 0.3 is 5.97 Å². The number of likely N-dealkylation sites (tertiary alicyclic amines) is 1. The summed E-state index contributed by atoms with van der Waals surface area (Å²) in [6, 6.07) is 9.36. The van der Waals surface area contributed by atoms with E-state index in [1.54, 1.807) is 0 Å². The van der Waals surface area contributed by atoms with E-state index in [9.17, 15) is 14.7 Å². The minimum atomic E-state index is -1.07. The van der Waals surface area contributed by atoms with Crippen LogP contribution in [0.25, 0.3) is 0 Å². The maximum absolute atomic E-state index is 11.8. The molecule has 0 spiro atoms. The van der Waals surface area contributed by atoms with Gasteiger partial charge in [-0.15, -0.1) is 0 Å². The number of aliphatic hydroxyl groups excluding tert-OH is 1. The highest BCUT2D eigenvalue weighted by Gasteiger charge is 2.40. The van der Waals surface area contributed by atoms with Crippen LogP contribution in [0.2, 0.25) is 0 Å². The molecule has 1 N–H and O–H groups in total. The van der Waals surface area contributed by atoms with Crippen LogP contribution in [0, 0.1) is 0 Å². The van der Waals surface area contributed by atoms with E-state index in [0.29, 0.717) is 6.54 Å². The number of nitrogens with zero attached hydrogens (tertiary/aromatic N) is 1. The monoisotopic (exact) mass is 249 g/mol. The number of hydrogen-bond acceptors (Lipinski definition) is 4. The fraction of sp³-hybridized carbons (Fsp3) is 0.385. The summed E-state index contributed by atoms with van der Waals surface area (Å²) >= 11 is 0. The van der Waals surface area contributed by atoms with Crippen molar-refractivity contribution in [3.8, 4) is 0 Å². The highest BCUT2D eigenvalue weighted by molar-refractivity contribution is 5.80. The molecular weight excluding hydrogens is 234 g/mol. The number of ether oxygens (including phenoxy) is 1. The first-order valence-corrected chi connectivity index (χ1v) is 5.76. The third kappa shape index (κ3) is 2.68. The van der Waals surface area contributed by atoms with Gasteiger partial charge in [0.1, 0.15) is 0 Å². The van der Waals surface area contributed by atoms with E-state index in [1.165, 1.54) is 11.8 Å². The minimum absolute atomic E-state index is 0.0353. The summed E-state index contributed by atoms with van der Waals surface area (Å²) in [5.41, 5.74) is 0.924. The van der Waals surface area contributed by atoms with Gasteiger partial charge in [0.05, 0.1) is 6.42 Å². The normalized spacial score (nSPS) is 23.2. The van der Waals surface area contributed by atoms with Crippen LogP contribution in [0.5, 0.6) is 0 Å². The van der Waals surface area contributed by atoms with E-state index in [-0.39, 0.29) is 12.3 Å². The second kappa shape index (κ2) is 5.18. The Morgan fingerprint density at radius 3 is 2.72 bits per heavy atom. The molecule has 0 unspecified atom stereocenters. The van der Waals surface area contributed by atoms with Crippen molar-refractivity contribution < 1.29 is 19.4 Å². The molecule has 5 heteroatoms. The number of carbonyl (C=O) groups excluding carboxylic acids is 2. The average molecular weight is 249 g/mol. The van der Waals surface area contributed by atoms with E-state index in [2.05, 4.69) is 0 Å². The Morgan fingerprint density at radius 1 is 1.44 bits per heavy atom. The van der Waals surface area contributed by atoms with Crippen molar-refractivity contribution >= 4 is 11.9 Å². The zero-order chi connectivity index (χ0) is 13.1. The molecule has 1 aliphatic rings. The Balaban J connectivity index is 2.05.